The highest BCUT2D eigenvalue weighted by molar-refractivity contribution is 5.94. The summed E-state index contributed by atoms with van der Waals surface area (Å²) >= 11 is 0. The van der Waals surface area contributed by atoms with E-state index in [9.17, 15) is 4.79 Å². The molecule has 2 fully saturated rings. The molecule has 2 aliphatic rings. The van der Waals surface area contributed by atoms with Crippen LogP contribution in [-0.4, -0.2) is 40.6 Å². The molecule has 0 saturated carbocycles. The molecule has 0 N–H and O–H groups in total. The lowest BCUT2D eigenvalue weighted by Gasteiger charge is -2.33. The molecule has 6 heteroatoms. The van der Waals surface area contributed by atoms with Gasteiger partial charge in [0.2, 0.25) is 5.91 Å². The number of anilines is 1. The van der Waals surface area contributed by atoms with Gasteiger partial charge in [0, 0.05) is 61.5 Å². The lowest BCUT2D eigenvalue weighted by Crippen LogP contribution is -2.40. The van der Waals surface area contributed by atoms with E-state index in [-0.39, 0.29) is 11.8 Å². The minimum absolute atomic E-state index is 0.102. The van der Waals surface area contributed by atoms with Crippen LogP contribution in [0.25, 0.3) is 10.9 Å². The Morgan fingerprint density at radius 3 is 2.62 bits per heavy atom. The molecular formula is C23H24N4O2. The quantitative estimate of drug-likeness (QED) is 0.682. The zero-order chi connectivity index (χ0) is 19.6. The molecule has 29 heavy (non-hydrogen) atoms. The molecule has 6 nitrogen and oxygen atoms in total. The smallest absolute Gasteiger partial charge is 0.228 e. The molecule has 2 saturated heterocycles. The van der Waals surface area contributed by atoms with Gasteiger partial charge in [0.05, 0.1) is 11.2 Å². The van der Waals surface area contributed by atoms with Crippen molar-refractivity contribution in [2.45, 2.75) is 37.5 Å². The third kappa shape index (κ3) is 3.60. The number of carbonyl (C=O) groups is 1. The zero-order valence-electron chi connectivity index (χ0n) is 16.3. The molecule has 0 aliphatic carbocycles. The SMILES string of the molecule is O=C1CC(c2ccc3ccccc3n2)CCN1c1nccnc1C1CCOCC1. The van der Waals surface area contributed by atoms with Gasteiger partial charge in [-0.3, -0.25) is 19.7 Å². The Hall–Kier alpha value is -2.86. The van der Waals surface area contributed by atoms with Gasteiger partial charge in [0.1, 0.15) is 0 Å². The number of aromatic nitrogens is 3. The highest BCUT2D eigenvalue weighted by atomic mass is 16.5. The summed E-state index contributed by atoms with van der Waals surface area (Å²) in [6.45, 7) is 2.13. The first-order chi connectivity index (χ1) is 14.3. The Morgan fingerprint density at radius 2 is 1.76 bits per heavy atom. The van der Waals surface area contributed by atoms with Crippen LogP contribution in [0, 0.1) is 0 Å². The fourth-order valence-corrected chi connectivity index (χ4v) is 4.43. The van der Waals surface area contributed by atoms with Crippen LogP contribution in [0.15, 0.2) is 48.8 Å². The third-order valence-corrected chi connectivity index (χ3v) is 6.03. The first-order valence-electron chi connectivity index (χ1n) is 10.3. The maximum absolute atomic E-state index is 13.1. The van der Waals surface area contributed by atoms with Crippen molar-refractivity contribution in [1.82, 2.24) is 15.0 Å². The molecule has 2 aromatic heterocycles. The van der Waals surface area contributed by atoms with E-state index in [1.807, 2.05) is 23.1 Å². The minimum atomic E-state index is 0.102. The van der Waals surface area contributed by atoms with Gasteiger partial charge in [-0.25, -0.2) is 4.98 Å². The highest BCUT2D eigenvalue weighted by Gasteiger charge is 2.32. The van der Waals surface area contributed by atoms with Crippen molar-refractivity contribution >= 4 is 22.6 Å². The Kier molecular flexibility index (Phi) is 4.94. The molecule has 1 atom stereocenters. The number of para-hydroxylation sites is 1. The Bertz CT molecular complexity index is 1030. The summed E-state index contributed by atoms with van der Waals surface area (Å²) in [5.74, 6) is 1.28. The predicted molar refractivity (Wildman–Crippen MR) is 111 cm³/mol. The number of rotatable bonds is 3. The Labute approximate surface area is 170 Å². The van der Waals surface area contributed by atoms with Gasteiger partial charge < -0.3 is 4.74 Å². The number of benzene rings is 1. The van der Waals surface area contributed by atoms with Crippen molar-refractivity contribution in [2.75, 3.05) is 24.7 Å². The number of nitrogens with zero attached hydrogens (tertiary/aromatic N) is 4. The molecule has 0 spiro atoms. The van der Waals surface area contributed by atoms with Crippen molar-refractivity contribution < 1.29 is 9.53 Å². The van der Waals surface area contributed by atoms with E-state index in [4.69, 9.17) is 9.72 Å². The number of piperidine rings is 1. The topological polar surface area (TPSA) is 68.2 Å². The molecule has 1 aromatic carbocycles. The molecule has 1 unspecified atom stereocenters. The second-order valence-electron chi connectivity index (χ2n) is 7.82. The van der Waals surface area contributed by atoms with E-state index in [1.54, 1.807) is 12.4 Å². The second kappa shape index (κ2) is 7.87. The lowest BCUT2D eigenvalue weighted by atomic mass is 9.91. The van der Waals surface area contributed by atoms with Crippen molar-refractivity contribution in [2.24, 2.45) is 0 Å². The van der Waals surface area contributed by atoms with Gasteiger partial charge in [0.15, 0.2) is 5.82 Å². The molecule has 0 bridgehead atoms. The summed E-state index contributed by atoms with van der Waals surface area (Å²) < 4.78 is 5.49. The fraction of sp³-hybridized carbons (Fsp3) is 0.391. The van der Waals surface area contributed by atoms with Crippen molar-refractivity contribution in [3.05, 3.63) is 60.2 Å². The van der Waals surface area contributed by atoms with Crippen molar-refractivity contribution in [1.29, 1.82) is 0 Å². The molecule has 2 aliphatic heterocycles. The predicted octanol–water partition coefficient (Wildman–Crippen LogP) is 3.83. The van der Waals surface area contributed by atoms with E-state index in [0.29, 0.717) is 18.9 Å². The minimum Gasteiger partial charge on any atom is -0.381 e. The monoisotopic (exact) mass is 388 g/mol. The molecule has 148 valence electrons. The largest absolute Gasteiger partial charge is 0.381 e. The number of fused-ring (bicyclic) bond motifs is 1. The van der Waals surface area contributed by atoms with E-state index < -0.39 is 0 Å². The first-order valence-corrected chi connectivity index (χ1v) is 10.3. The average molecular weight is 388 g/mol. The Balaban J connectivity index is 1.37. The average Bonchev–Trinajstić information content (AvgIpc) is 2.79. The van der Waals surface area contributed by atoms with Gasteiger partial charge in [0.25, 0.3) is 0 Å². The summed E-state index contributed by atoms with van der Waals surface area (Å²) in [6.07, 6.45) is 6.59. The van der Waals surface area contributed by atoms with Crippen LogP contribution in [0.3, 0.4) is 0 Å². The summed E-state index contributed by atoms with van der Waals surface area (Å²) in [5, 5.41) is 1.13. The molecule has 3 aromatic rings. The second-order valence-corrected chi connectivity index (χ2v) is 7.82. The van der Waals surface area contributed by atoms with Gasteiger partial charge in [-0.2, -0.15) is 0 Å². The molecule has 5 rings (SSSR count). The van der Waals surface area contributed by atoms with E-state index >= 15 is 0 Å². The normalized spacial score (nSPS) is 20.9. The van der Waals surface area contributed by atoms with E-state index in [0.717, 1.165) is 60.6 Å². The van der Waals surface area contributed by atoms with Crippen LogP contribution in [0.5, 0.6) is 0 Å². The van der Waals surface area contributed by atoms with Gasteiger partial charge in [-0.05, 0) is 31.4 Å². The molecule has 1 amide bonds. The third-order valence-electron chi connectivity index (χ3n) is 6.03. The molecule has 0 radical (unpaired) electrons. The molecular weight excluding hydrogens is 364 g/mol. The fourth-order valence-electron chi connectivity index (χ4n) is 4.43. The number of carbonyl (C=O) groups excluding carboxylic acids is 1. The van der Waals surface area contributed by atoms with E-state index in [2.05, 4.69) is 28.2 Å². The maximum Gasteiger partial charge on any atom is 0.228 e. The van der Waals surface area contributed by atoms with Gasteiger partial charge >= 0.3 is 0 Å². The number of amides is 1. The number of hydrogen-bond acceptors (Lipinski definition) is 5. The summed E-state index contributed by atoms with van der Waals surface area (Å²) in [6, 6.07) is 12.3. The number of hydrogen-bond donors (Lipinski definition) is 0. The van der Waals surface area contributed by atoms with Crippen molar-refractivity contribution in [3.63, 3.8) is 0 Å². The summed E-state index contributed by atoms with van der Waals surface area (Å²) in [7, 11) is 0. The maximum atomic E-state index is 13.1. The molecule has 4 heterocycles. The standard InChI is InChI=1S/C23H24N4O2/c28-21-15-18(20-6-5-16-3-1-2-4-19(16)26-20)7-12-27(21)23-22(24-10-11-25-23)17-8-13-29-14-9-17/h1-6,10-11,17-18H,7-9,12-15H2. The summed E-state index contributed by atoms with van der Waals surface area (Å²) in [5.41, 5.74) is 2.92. The number of pyridine rings is 1. The highest BCUT2D eigenvalue weighted by Crippen LogP contribution is 2.35. The van der Waals surface area contributed by atoms with Crippen LogP contribution in [0.4, 0.5) is 5.82 Å². The van der Waals surface area contributed by atoms with E-state index in [1.165, 1.54) is 0 Å². The lowest BCUT2D eigenvalue weighted by molar-refractivity contribution is -0.120. The van der Waals surface area contributed by atoms with Crippen LogP contribution in [0.2, 0.25) is 0 Å². The Morgan fingerprint density at radius 1 is 0.931 bits per heavy atom. The van der Waals surface area contributed by atoms with Gasteiger partial charge in [-0.15, -0.1) is 0 Å². The van der Waals surface area contributed by atoms with Crippen LogP contribution >= 0.6 is 0 Å². The summed E-state index contributed by atoms with van der Waals surface area (Å²) in [4.78, 5) is 28.9. The van der Waals surface area contributed by atoms with Gasteiger partial charge in [-0.1, -0.05) is 24.3 Å². The first kappa shape index (κ1) is 18.2. The van der Waals surface area contributed by atoms with Crippen LogP contribution in [0.1, 0.15) is 48.9 Å². The zero-order valence-corrected chi connectivity index (χ0v) is 16.3. The van der Waals surface area contributed by atoms with Crippen LogP contribution < -0.4 is 4.90 Å². The van der Waals surface area contributed by atoms with Crippen LogP contribution in [-0.2, 0) is 9.53 Å². The van der Waals surface area contributed by atoms with Crippen molar-refractivity contribution in [3.8, 4) is 0 Å². The number of ether oxygens (including phenoxy) is 1.